The predicted octanol–water partition coefficient (Wildman–Crippen LogP) is 0.843. The van der Waals surface area contributed by atoms with E-state index >= 15 is 0 Å². The zero-order valence-corrected chi connectivity index (χ0v) is 19.1. The molecule has 3 aromatic rings. The number of phenols is 2. The van der Waals surface area contributed by atoms with Gasteiger partial charge in [-0.3, -0.25) is 4.79 Å². The molecule has 3 rings (SSSR count). The van der Waals surface area contributed by atoms with Crippen molar-refractivity contribution in [3.8, 4) is 23.0 Å². The number of carbonyl (C=O) groups excluding carboxylic acids is 1. The van der Waals surface area contributed by atoms with Crippen LogP contribution in [0.25, 0.3) is 0 Å². The maximum atomic E-state index is 12.2. The number of para-hydroxylation sites is 1. The quantitative estimate of drug-likeness (QED) is 0.305. The van der Waals surface area contributed by atoms with Crippen LogP contribution in [0.3, 0.4) is 0 Å². The minimum atomic E-state index is -4.58. The molecule has 1 unspecified atom stereocenters. The summed E-state index contributed by atoms with van der Waals surface area (Å²) in [7, 11) is -4.58. The number of benzene rings is 3. The van der Waals surface area contributed by atoms with Crippen molar-refractivity contribution < 1.29 is 63.1 Å². The molecule has 0 spiro atoms. The number of phenolic OH excluding ortho intramolecular Hbond substituents is 2. The van der Waals surface area contributed by atoms with Gasteiger partial charge in [-0.15, -0.1) is 0 Å². The molecule has 0 aliphatic rings. The normalized spacial score (nSPS) is 12.3. The van der Waals surface area contributed by atoms with Gasteiger partial charge in [0.05, 0.1) is 5.56 Å². The molecule has 0 aliphatic carbocycles. The van der Waals surface area contributed by atoms with Crippen LogP contribution >= 0.6 is 7.82 Å². The van der Waals surface area contributed by atoms with Crippen molar-refractivity contribution >= 4 is 13.6 Å². The van der Waals surface area contributed by atoms with Crippen LogP contribution in [-0.4, -0.2) is 16.0 Å². The Bertz CT molecular complexity index is 1040. The first-order chi connectivity index (χ1) is 13.8. The van der Waals surface area contributed by atoms with E-state index in [1.165, 1.54) is 36.4 Å². The summed E-state index contributed by atoms with van der Waals surface area (Å²) in [6.45, 7) is 0. The van der Waals surface area contributed by atoms with Gasteiger partial charge in [-0.1, -0.05) is 30.3 Å². The zero-order valence-electron chi connectivity index (χ0n) is 16.2. The summed E-state index contributed by atoms with van der Waals surface area (Å²) >= 11 is 0. The Hall–Kier alpha value is -2.28. The van der Waals surface area contributed by atoms with Crippen LogP contribution < -0.4 is 43.5 Å². The summed E-state index contributed by atoms with van der Waals surface area (Å²) in [5, 5.41) is 19.0. The summed E-state index contributed by atoms with van der Waals surface area (Å²) in [4.78, 5) is 24.2. The second-order valence-electron chi connectivity index (χ2n) is 6.21. The molecule has 3 aromatic carbocycles. The molecule has 0 amide bonds. The number of carbonyl (C=O) groups is 1. The van der Waals surface area contributed by atoms with Crippen molar-refractivity contribution in [2.45, 2.75) is 12.8 Å². The molecule has 0 aliphatic heterocycles. The van der Waals surface area contributed by atoms with Crippen molar-refractivity contribution in [2.75, 3.05) is 0 Å². The largest absolute Gasteiger partial charge is 1.00 e. The van der Waals surface area contributed by atoms with Crippen molar-refractivity contribution in [2.24, 2.45) is 0 Å². The number of rotatable bonds is 8. The Morgan fingerprint density at radius 1 is 0.900 bits per heavy atom. The molecule has 0 heterocycles. The van der Waals surface area contributed by atoms with Crippen molar-refractivity contribution in [3.63, 3.8) is 0 Å². The third-order valence-electron chi connectivity index (χ3n) is 4.02. The Balaban J connectivity index is 0.00000320. The Morgan fingerprint density at radius 3 is 2.10 bits per heavy atom. The molecular formula is C21H18NaO7P. The average molecular weight is 436 g/mol. The molecule has 7 nitrogen and oxygen atoms in total. The third kappa shape index (κ3) is 6.90. The van der Waals surface area contributed by atoms with Crippen LogP contribution in [0.1, 0.15) is 22.3 Å². The summed E-state index contributed by atoms with van der Waals surface area (Å²) < 4.78 is 21.8. The first-order valence-electron chi connectivity index (χ1n) is 8.72. The second-order valence-corrected chi connectivity index (χ2v) is 7.47. The molecule has 0 saturated heterocycles. The number of hydrogen-bond acceptors (Lipinski definition) is 7. The van der Waals surface area contributed by atoms with Crippen LogP contribution in [0.2, 0.25) is 0 Å². The van der Waals surface area contributed by atoms with Crippen LogP contribution in [0.5, 0.6) is 23.0 Å². The van der Waals surface area contributed by atoms with Gasteiger partial charge < -0.3 is 24.2 Å². The fraction of sp³-hybridized carbons (Fsp3) is 0.0952. The van der Waals surface area contributed by atoms with Gasteiger partial charge in [-0.25, -0.2) is 4.57 Å². The molecular weight excluding hydrogens is 418 g/mol. The molecule has 150 valence electrons. The van der Waals surface area contributed by atoms with Crippen LogP contribution in [0.15, 0.2) is 72.8 Å². The topological polar surface area (TPSA) is 116 Å². The first kappa shape index (κ1) is 24.0. The van der Waals surface area contributed by atoms with E-state index in [0.29, 0.717) is 6.42 Å². The number of ketones is 1. The summed E-state index contributed by atoms with van der Waals surface area (Å²) in [6.07, 6.45) is 0.519. The number of hydrogen-bond donors (Lipinski definition) is 2. The number of phosphoric acid groups is 1. The molecule has 0 radical (unpaired) electrons. The average Bonchev–Trinajstić information content (AvgIpc) is 2.67. The molecule has 0 bridgehead atoms. The fourth-order valence-electron chi connectivity index (χ4n) is 2.62. The molecule has 0 aromatic heterocycles. The Labute approximate surface area is 195 Å². The maximum absolute atomic E-state index is 12.2. The predicted molar refractivity (Wildman–Crippen MR) is 104 cm³/mol. The monoisotopic (exact) mass is 436 g/mol. The van der Waals surface area contributed by atoms with Crippen LogP contribution in [0.4, 0.5) is 0 Å². The van der Waals surface area contributed by atoms with Gasteiger partial charge in [-0.2, -0.15) is 0 Å². The van der Waals surface area contributed by atoms with E-state index < -0.39 is 7.82 Å². The summed E-state index contributed by atoms with van der Waals surface area (Å²) in [5.74, 6) is -0.433. The SMILES string of the molecule is O=C(CCc1ccc(OP(=O)([O-])Oc2ccccc2)cc1)c1ccc(O)cc1O.[Na+]. The number of phosphoric ester groups is 1. The number of Topliss-reactive ketones (excluding diaryl/α,β-unsaturated/α-hetero) is 1. The minimum absolute atomic E-state index is 0. The van der Waals surface area contributed by atoms with E-state index in [4.69, 9.17) is 9.05 Å². The van der Waals surface area contributed by atoms with E-state index in [0.717, 1.165) is 11.6 Å². The molecule has 2 N–H and O–H groups in total. The van der Waals surface area contributed by atoms with E-state index in [1.54, 1.807) is 30.3 Å². The Kier molecular flexibility index (Phi) is 8.53. The zero-order chi connectivity index (χ0) is 20.9. The first-order valence-corrected chi connectivity index (χ1v) is 10.2. The van der Waals surface area contributed by atoms with Gasteiger partial charge in [0, 0.05) is 12.5 Å². The van der Waals surface area contributed by atoms with Gasteiger partial charge in [0.2, 0.25) is 0 Å². The second kappa shape index (κ2) is 10.7. The molecule has 9 heteroatoms. The van der Waals surface area contributed by atoms with E-state index in [9.17, 15) is 24.5 Å². The van der Waals surface area contributed by atoms with Crippen molar-refractivity contribution in [1.82, 2.24) is 0 Å². The smallest absolute Gasteiger partial charge is 0.736 e. The van der Waals surface area contributed by atoms with Gasteiger partial charge in [0.1, 0.15) is 23.0 Å². The number of aromatic hydroxyl groups is 2. The maximum Gasteiger partial charge on any atom is 1.00 e. The van der Waals surface area contributed by atoms with Gasteiger partial charge in [0.15, 0.2) is 5.78 Å². The molecule has 0 fully saturated rings. The van der Waals surface area contributed by atoms with Gasteiger partial charge in [0.25, 0.3) is 0 Å². The van der Waals surface area contributed by atoms with Crippen molar-refractivity contribution in [3.05, 3.63) is 83.9 Å². The van der Waals surface area contributed by atoms with Gasteiger partial charge >= 0.3 is 37.4 Å². The fourth-order valence-corrected chi connectivity index (χ4v) is 3.42. The molecule has 0 saturated carbocycles. The summed E-state index contributed by atoms with van der Waals surface area (Å²) in [5.41, 5.74) is 0.918. The standard InChI is InChI=1S/C21H19O7P.Na/c22-16-9-12-19(21(24)14-16)20(23)13-8-15-6-10-18(11-7-15)28-29(25,26)27-17-4-2-1-3-5-17;/h1-7,9-12,14,22,24H,8,13H2,(H,25,26);/q;+1/p-1. The summed E-state index contributed by atoms with van der Waals surface area (Å²) in [6, 6.07) is 18.0. The molecule has 1 atom stereocenters. The minimum Gasteiger partial charge on any atom is -0.736 e. The van der Waals surface area contributed by atoms with Crippen molar-refractivity contribution in [1.29, 1.82) is 0 Å². The third-order valence-corrected chi connectivity index (χ3v) is 4.89. The van der Waals surface area contributed by atoms with Gasteiger partial charge in [-0.05, 0) is 48.4 Å². The van der Waals surface area contributed by atoms with E-state index in [1.807, 2.05) is 0 Å². The van der Waals surface area contributed by atoms with Crippen LogP contribution in [-0.2, 0) is 11.0 Å². The number of aryl methyl sites for hydroxylation is 1. The van der Waals surface area contributed by atoms with E-state index in [2.05, 4.69) is 0 Å². The Morgan fingerprint density at radius 2 is 1.50 bits per heavy atom. The molecule has 30 heavy (non-hydrogen) atoms. The van der Waals surface area contributed by atoms with E-state index in [-0.39, 0.29) is 70.3 Å². The van der Waals surface area contributed by atoms with Crippen LogP contribution in [0, 0.1) is 0 Å².